The molecule has 0 aliphatic carbocycles. The molecule has 0 saturated carbocycles. The Morgan fingerprint density at radius 2 is 2.13 bits per heavy atom. The molecule has 1 nitrogen and oxygen atoms in total. The van der Waals surface area contributed by atoms with Crippen molar-refractivity contribution < 1.29 is 0 Å². The normalized spacial score (nSPS) is 13.0. The molecule has 1 heterocycles. The van der Waals surface area contributed by atoms with Crippen LogP contribution in [0.5, 0.6) is 0 Å². The number of nitrogens with one attached hydrogen (secondary N) is 1. The molecule has 0 fully saturated rings. The average molecular weight is 225 g/mol. The Bertz CT molecular complexity index is 267. The van der Waals surface area contributed by atoms with Crippen LogP contribution in [0.15, 0.2) is 11.4 Å². The monoisotopic (exact) mass is 225 g/mol. The lowest BCUT2D eigenvalue weighted by atomic mass is 10.0. The van der Waals surface area contributed by atoms with Crippen molar-refractivity contribution in [1.82, 2.24) is 5.32 Å². The molecule has 0 aliphatic rings. The fourth-order valence-electron chi connectivity index (χ4n) is 1.90. The molecule has 15 heavy (non-hydrogen) atoms. The van der Waals surface area contributed by atoms with Crippen molar-refractivity contribution in [3.63, 3.8) is 0 Å². The van der Waals surface area contributed by atoms with Crippen LogP contribution in [0, 0.1) is 6.92 Å². The van der Waals surface area contributed by atoms with E-state index >= 15 is 0 Å². The van der Waals surface area contributed by atoms with Crippen LogP contribution in [-0.4, -0.2) is 7.05 Å². The molecule has 0 spiro atoms. The lowest BCUT2D eigenvalue weighted by molar-refractivity contribution is 0.506. The third kappa shape index (κ3) is 4.35. The minimum absolute atomic E-state index is 0.562. The largest absolute Gasteiger partial charge is 0.313 e. The second-order valence-electron chi connectivity index (χ2n) is 4.18. The van der Waals surface area contributed by atoms with E-state index in [4.69, 9.17) is 0 Å². The summed E-state index contributed by atoms with van der Waals surface area (Å²) in [6.07, 6.45) is 6.68. The highest BCUT2D eigenvalue weighted by Crippen LogP contribution is 2.24. The zero-order valence-corrected chi connectivity index (χ0v) is 11.0. The Morgan fingerprint density at radius 3 is 2.67 bits per heavy atom. The van der Waals surface area contributed by atoms with Gasteiger partial charge in [-0.3, -0.25) is 0 Å². The van der Waals surface area contributed by atoms with Crippen LogP contribution in [0.1, 0.15) is 55.5 Å². The van der Waals surface area contributed by atoms with E-state index in [2.05, 4.69) is 37.7 Å². The number of unbranched alkanes of at least 4 members (excludes halogenated alkanes) is 3. The molecule has 0 saturated heterocycles. The Balaban J connectivity index is 2.35. The van der Waals surface area contributed by atoms with Gasteiger partial charge in [-0.05, 0) is 37.4 Å². The molecule has 0 aliphatic heterocycles. The van der Waals surface area contributed by atoms with Gasteiger partial charge in [0.25, 0.3) is 0 Å². The van der Waals surface area contributed by atoms with Gasteiger partial charge in [0, 0.05) is 10.9 Å². The van der Waals surface area contributed by atoms with Gasteiger partial charge < -0.3 is 5.32 Å². The first-order valence-corrected chi connectivity index (χ1v) is 6.88. The molecule has 1 rings (SSSR count). The summed E-state index contributed by atoms with van der Waals surface area (Å²) in [6.45, 7) is 4.44. The molecule has 0 bridgehead atoms. The average Bonchev–Trinajstić information content (AvgIpc) is 2.65. The van der Waals surface area contributed by atoms with Crippen molar-refractivity contribution >= 4 is 11.3 Å². The Hall–Kier alpha value is -0.340. The molecule has 0 radical (unpaired) electrons. The maximum absolute atomic E-state index is 3.42. The summed E-state index contributed by atoms with van der Waals surface area (Å²) >= 11 is 1.85. The van der Waals surface area contributed by atoms with E-state index in [9.17, 15) is 0 Å². The molecule has 1 atom stereocenters. The summed E-state index contributed by atoms with van der Waals surface area (Å²) in [5.74, 6) is 0. The predicted molar refractivity (Wildman–Crippen MR) is 69.6 cm³/mol. The summed E-state index contributed by atoms with van der Waals surface area (Å²) in [5, 5.41) is 5.70. The highest BCUT2D eigenvalue weighted by atomic mass is 32.1. The first-order chi connectivity index (χ1) is 7.27. The second kappa shape index (κ2) is 7.02. The van der Waals surface area contributed by atoms with E-state index in [0.29, 0.717) is 6.04 Å². The topological polar surface area (TPSA) is 12.0 Å². The molecule has 0 aromatic carbocycles. The lowest BCUT2D eigenvalue weighted by Crippen LogP contribution is -2.15. The van der Waals surface area contributed by atoms with Gasteiger partial charge in [-0.2, -0.15) is 0 Å². The number of hydrogen-bond donors (Lipinski definition) is 1. The summed E-state index contributed by atoms with van der Waals surface area (Å²) in [6, 6.07) is 2.87. The minimum Gasteiger partial charge on any atom is -0.313 e. The number of hydrogen-bond acceptors (Lipinski definition) is 2. The fourth-order valence-corrected chi connectivity index (χ4v) is 2.66. The summed E-state index contributed by atoms with van der Waals surface area (Å²) in [5.41, 5.74) is 1.47. The van der Waals surface area contributed by atoms with E-state index in [1.807, 2.05) is 11.3 Å². The minimum atomic E-state index is 0.562. The van der Waals surface area contributed by atoms with Crippen LogP contribution in [0.2, 0.25) is 0 Å². The van der Waals surface area contributed by atoms with E-state index in [0.717, 1.165) is 0 Å². The van der Waals surface area contributed by atoms with Crippen LogP contribution in [0.3, 0.4) is 0 Å². The smallest absolute Gasteiger partial charge is 0.0325 e. The van der Waals surface area contributed by atoms with Crippen molar-refractivity contribution in [1.29, 1.82) is 0 Å². The first-order valence-electron chi connectivity index (χ1n) is 6.00. The molecular weight excluding hydrogens is 202 g/mol. The van der Waals surface area contributed by atoms with Gasteiger partial charge in [0.05, 0.1) is 0 Å². The van der Waals surface area contributed by atoms with E-state index in [-0.39, 0.29) is 0 Å². The highest BCUT2D eigenvalue weighted by molar-refractivity contribution is 7.10. The number of thiophene rings is 1. The third-order valence-electron chi connectivity index (χ3n) is 2.85. The molecular formula is C13H23NS. The van der Waals surface area contributed by atoms with Crippen LogP contribution in [0.4, 0.5) is 0 Å². The molecule has 2 heteroatoms. The van der Waals surface area contributed by atoms with Crippen molar-refractivity contribution in [2.75, 3.05) is 7.05 Å². The quantitative estimate of drug-likeness (QED) is 0.683. The zero-order valence-electron chi connectivity index (χ0n) is 10.2. The second-order valence-corrected chi connectivity index (χ2v) is 5.30. The summed E-state index contributed by atoms with van der Waals surface area (Å²) < 4.78 is 0. The van der Waals surface area contributed by atoms with Crippen LogP contribution in [-0.2, 0) is 0 Å². The summed E-state index contributed by atoms with van der Waals surface area (Å²) in [7, 11) is 2.07. The molecule has 86 valence electrons. The zero-order chi connectivity index (χ0) is 11.1. The molecule has 1 unspecified atom stereocenters. The van der Waals surface area contributed by atoms with Crippen LogP contribution in [0.25, 0.3) is 0 Å². The van der Waals surface area contributed by atoms with Crippen molar-refractivity contribution in [3.8, 4) is 0 Å². The number of rotatable bonds is 7. The summed E-state index contributed by atoms with van der Waals surface area (Å²) in [4.78, 5) is 1.42. The van der Waals surface area contributed by atoms with Gasteiger partial charge in [0.2, 0.25) is 0 Å². The lowest BCUT2D eigenvalue weighted by Gasteiger charge is -2.14. The van der Waals surface area contributed by atoms with Crippen molar-refractivity contribution in [2.24, 2.45) is 0 Å². The van der Waals surface area contributed by atoms with Gasteiger partial charge in [0.15, 0.2) is 0 Å². The SMILES string of the molecule is CCCCCCC(NC)c1csc(C)c1. The standard InChI is InChI=1S/C13H23NS/c1-4-5-6-7-8-13(14-3)12-9-11(2)15-10-12/h9-10,13-14H,4-8H2,1-3H3. The van der Waals surface area contributed by atoms with Gasteiger partial charge in [-0.15, -0.1) is 11.3 Å². The number of aryl methyl sites for hydroxylation is 1. The maximum Gasteiger partial charge on any atom is 0.0325 e. The van der Waals surface area contributed by atoms with Crippen molar-refractivity contribution in [2.45, 2.75) is 52.0 Å². The Kier molecular flexibility index (Phi) is 5.96. The van der Waals surface area contributed by atoms with Crippen LogP contribution < -0.4 is 5.32 Å². The molecule has 1 aromatic rings. The molecule has 1 aromatic heterocycles. The first kappa shape index (κ1) is 12.7. The predicted octanol–water partition coefficient (Wildman–Crippen LogP) is 4.29. The Labute approximate surface area is 97.9 Å². The molecule has 1 N–H and O–H groups in total. The van der Waals surface area contributed by atoms with E-state index in [1.165, 1.54) is 42.5 Å². The fraction of sp³-hybridized carbons (Fsp3) is 0.692. The Morgan fingerprint density at radius 1 is 1.33 bits per heavy atom. The third-order valence-corrected chi connectivity index (χ3v) is 3.73. The van der Waals surface area contributed by atoms with E-state index in [1.54, 1.807) is 0 Å². The van der Waals surface area contributed by atoms with Crippen LogP contribution >= 0.6 is 11.3 Å². The highest BCUT2D eigenvalue weighted by Gasteiger charge is 2.09. The van der Waals surface area contributed by atoms with Gasteiger partial charge in [0.1, 0.15) is 0 Å². The van der Waals surface area contributed by atoms with Gasteiger partial charge in [-0.25, -0.2) is 0 Å². The molecule has 0 amide bonds. The van der Waals surface area contributed by atoms with Gasteiger partial charge in [-0.1, -0.05) is 32.6 Å². The van der Waals surface area contributed by atoms with Gasteiger partial charge >= 0.3 is 0 Å². The maximum atomic E-state index is 3.42. The van der Waals surface area contributed by atoms with E-state index < -0.39 is 0 Å². The van der Waals surface area contributed by atoms with Crippen molar-refractivity contribution in [3.05, 3.63) is 21.9 Å².